The van der Waals surface area contributed by atoms with Crippen molar-refractivity contribution < 1.29 is 14.3 Å². The van der Waals surface area contributed by atoms with Crippen LogP contribution < -0.4 is 5.32 Å². The van der Waals surface area contributed by atoms with Crippen LogP contribution in [0.1, 0.15) is 37.2 Å². The van der Waals surface area contributed by atoms with E-state index >= 15 is 0 Å². The van der Waals surface area contributed by atoms with Gasteiger partial charge in [0.1, 0.15) is 0 Å². The molecule has 1 unspecified atom stereocenters. The molecule has 1 atom stereocenters. The predicted octanol–water partition coefficient (Wildman–Crippen LogP) is 4.40. The first-order chi connectivity index (χ1) is 13.1. The topological polar surface area (TPSA) is 58.6 Å². The fraction of sp³-hybridized carbons (Fsp3) is 0.619. The Morgan fingerprint density at radius 2 is 1.89 bits per heavy atom. The molecule has 7 heteroatoms. The molecule has 0 radical (unpaired) electrons. The average Bonchev–Trinajstić information content (AvgIpc) is 2.91. The predicted molar refractivity (Wildman–Crippen MR) is 112 cm³/mol. The molecule has 1 aromatic rings. The number of carbonyl (C=O) groups excluding carboxylic acids is 2. The van der Waals surface area contributed by atoms with Gasteiger partial charge in [0.15, 0.2) is 0 Å². The molecular formula is C21H29ClN2O3Si. The van der Waals surface area contributed by atoms with E-state index in [9.17, 15) is 9.59 Å². The number of hydrogen-bond acceptors (Lipinski definition) is 3. The summed E-state index contributed by atoms with van der Waals surface area (Å²) < 4.78 is 5.37. The summed E-state index contributed by atoms with van der Waals surface area (Å²) in [7, 11) is -1.20. The van der Waals surface area contributed by atoms with Gasteiger partial charge in [0.25, 0.3) is 0 Å². The molecule has 3 saturated carbocycles. The van der Waals surface area contributed by atoms with Gasteiger partial charge in [0.05, 0.1) is 18.1 Å². The first kappa shape index (κ1) is 19.8. The van der Waals surface area contributed by atoms with Crippen molar-refractivity contribution >= 4 is 31.7 Å². The van der Waals surface area contributed by atoms with Crippen molar-refractivity contribution in [2.45, 2.75) is 68.4 Å². The van der Waals surface area contributed by atoms with Crippen molar-refractivity contribution in [2.24, 2.45) is 0 Å². The summed E-state index contributed by atoms with van der Waals surface area (Å²) in [6.45, 7) is 8.09. The van der Waals surface area contributed by atoms with Crippen molar-refractivity contribution in [3.63, 3.8) is 0 Å². The summed E-state index contributed by atoms with van der Waals surface area (Å²) in [5.74, 6) is 0.148. The lowest BCUT2D eigenvalue weighted by atomic mass is 9.43. The van der Waals surface area contributed by atoms with Crippen LogP contribution in [0.3, 0.4) is 0 Å². The van der Waals surface area contributed by atoms with Gasteiger partial charge in [-0.05, 0) is 49.4 Å². The number of rotatable bonds is 6. The summed E-state index contributed by atoms with van der Waals surface area (Å²) in [4.78, 5) is 27.2. The van der Waals surface area contributed by atoms with Gasteiger partial charge in [0, 0.05) is 25.2 Å². The fourth-order valence-electron chi connectivity index (χ4n) is 5.01. The quantitative estimate of drug-likeness (QED) is 0.694. The molecule has 1 aliphatic heterocycles. The Balaban J connectivity index is 1.28. The van der Waals surface area contributed by atoms with Crippen LogP contribution in [0.2, 0.25) is 30.7 Å². The van der Waals surface area contributed by atoms with Crippen LogP contribution in [0.15, 0.2) is 24.3 Å². The third kappa shape index (κ3) is 3.57. The normalized spacial score (nSPS) is 31.2. The van der Waals surface area contributed by atoms with E-state index in [-0.39, 0.29) is 29.0 Å². The Morgan fingerprint density at radius 3 is 2.50 bits per heavy atom. The van der Waals surface area contributed by atoms with E-state index in [1.807, 2.05) is 24.3 Å². The van der Waals surface area contributed by atoms with Gasteiger partial charge in [-0.25, -0.2) is 4.79 Å². The van der Waals surface area contributed by atoms with Crippen LogP contribution in [-0.4, -0.2) is 49.2 Å². The minimum atomic E-state index is -1.20. The Kier molecular flexibility index (Phi) is 4.78. The van der Waals surface area contributed by atoms with E-state index in [0.717, 1.165) is 43.8 Å². The smallest absolute Gasteiger partial charge is 0.407 e. The van der Waals surface area contributed by atoms with Gasteiger partial charge >= 0.3 is 6.09 Å². The highest BCUT2D eigenvalue weighted by atomic mass is 35.5. The van der Waals surface area contributed by atoms with E-state index in [0.29, 0.717) is 11.6 Å². The van der Waals surface area contributed by atoms with Crippen LogP contribution in [0.5, 0.6) is 0 Å². The highest BCUT2D eigenvalue weighted by molar-refractivity contribution is 6.76. The van der Waals surface area contributed by atoms with E-state index in [1.165, 1.54) is 0 Å². The summed E-state index contributed by atoms with van der Waals surface area (Å²) in [5, 5.41) is 3.75. The third-order valence-corrected chi connectivity index (χ3v) is 8.46. The largest absolute Gasteiger partial charge is 0.450 e. The first-order valence-electron chi connectivity index (χ1n) is 10.1. The van der Waals surface area contributed by atoms with Crippen molar-refractivity contribution in [2.75, 3.05) is 13.2 Å². The third-order valence-electron chi connectivity index (χ3n) is 6.51. The minimum absolute atomic E-state index is 0.0517. The molecule has 152 valence electrons. The van der Waals surface area contributed by atoms with Crippen molar-refractivity contribution in [3.8, 4) is 0 Å². The number of alkyl carbamates (subject to hydrolysis) is 1. The molecule has 1 N–H and O–H groups in total. The number of nitrogens with one attached hydrogen (secondary N) is 1. The SMILES string of the molecule is C[Si](C)(C)CCOC(=O)NC12CC(N3CCC(c4ccc(Cl)cc4)C3=O)(C1)C2. The van der Waals surface area contributed by atoms with Gasteiger partial charge in [-0.1, -0.05) is 43.4 Å². The first-order valence-corrected chi connectivity index (χ1v) is 14.2. The number of hydrogen-bond donors (Lipinski definition) is 1. The van der Waals surface area contributed by atoms with Crippen molar-refractivity contribution in [1.29, 1.82) is 0 Å². The molecular weight excluding hydrogens is 392 g/mol. The van der Waals surface area contributed by atoms with Crippen LogP contribution in [0.25, 0.3) is 0 Å². The second-order valence-corrected chi connectivity index (χ2v) is 16.0. The second kappa shape index (κ2) is 6.77. The molecule has 28 heavy (non-hydrogen) atoms. The van der Waals surface area contributed by atoms with E-state index in [1.54, 1.807) is 0 Å². The van der Waals surface area contributed by atoms with Crippen LogP contribution in [0.4, 0.5) is 4.79 Å². The van der Waals surface area contributed by atoms with Gasteiger partial charge in [0.2, 0.25) is 5.91 Å². The maximum Gasteiger partial charge on any atom is 0.407 e. The monoisotopic (exact) mass is 420 g/mol. The zero-order valence-corrected chi connectivity index (χ0v) is 18.6. The second-order valence-electron chi connectivity index (χ2n) is 9.99. The summed E-state index contributed by atoms with van der Waals surface area (Å²) >= 11 is 5.97. The Labute approximate surface area is 172 Å². The molecule has 1 saturated heterocycles. The number of amides is 2. The average molecular weight is 421 g/mol. The highest BCUT2D eigenvalue weighted by Gasteiger charge is 2.72. The van der Waals surface area contributed by atoms with Crippen LogP contribution in [-0.2, 0) is 9.53 Å². The highest BCUT2D eigenvalue weighted by Crippen LogP contribution is 2.64. The van der Waals surface area contributed by atoms with E-state index < -0.39 is 8.07 Å². The Morgan fingerprint density at radius 1 is 1.25 bits per heavy atom. The van der Waals surface area contributed by atoms with E-state index in [4.69, 9.17) is 16.3 Å². The number of benzene rings is 1. The van der Waals surface area contributed by atoms with Crippen molar-refractivity contribution in [1.82, 2.24) is 10.2 Å². The maximum atomic E-state index is 13.0. The summed E-state index contributed by atoms with van der Waals surface area (Å²) in [5.41, 5.74) is 0.834. The number of ether oxygens (including phenoxy) is 1. The Bertz CT molecular complexity index is 770. The van der Waals surface area contributed by atoms with Crippen LogP contribution in [0, 0.1) is 0 Å². The lowest BCUT2D eigenvalue weighted by Gasteiger charge is -2.72. The number of carbonyl (C=O) groups is 2. The number of nitrogens with zero attached hydrogens (tertiary/aromatic N) is 1. The standard InChI is InChI=1S/C21H29ClN2O3Si/c1-28(2,3)11-10-27-19(26)23-20-12-21(13-20,14-20)24-9-8-17(18(24)25)15-4-6-16(22)7-5-15/h4-7,17H,8-14H2,1-3H3,(H,23,26). The summed E-state index contributed by atoms with van der Waals surface area (Å²) in [6, 6.07) is 8.58. The van der Waals surface area contributed by atoms with Crippen molar-refractivity contribution in [3.05, 3.63) is 34.9 Å². The lowest BCUT2D eigenvalue weighted by molar-refractivity contribution is -0.181. The van der Waals surface area contributed by atoms with Crippen LogP contribution >= 0.6 is 11.6 Å². The zero-order chi connectivity index (χ0) is 20.2. The molecule has 2 bridgehead atoms. The van der Waals surface area contributed by atoms with E-state index in [2.05, 4.69) is 29.9 Å². The molecule has 2 amide bonds. The number of halogens is 1. The molecule has 4 fully saturated rings. The van der Waals surface area contributed by atoms with Gasteiger partial charge in [-0.15, -0.1) is 0 Å². The molecule has 4 aliphatic rings. The fourth-order valence-corrected chi connectivity index (χ4v) is 5.85. The van der Waals surface area contributed by atoms with Gasteiger partial charge in [-0.2, -0.15) is 0 Å². The molecule has 5 nitrogen and oxygen atoms in total. The molecule has 1 heterocycles. The maximum absolute atomic E-state index is 13.0. The lowest BCUT2D eigenvalue weighted by Crippen LogP contribution is -2.83. The Hall–Kier alpha value is -1.53. The molecule has 3 aliphatic carbocycles. The minimum Gasteiger partial charge on any atom is -0.450 e. The number of likely N-dealkylation sites (tertiary alicyclic amines) is 1. The van der Waals surface area contributed by atoms with Gasteiger partial charge in [-0.3, -0.25) is 4.79 Å². The summed E-state index contributed by atoms with van der Waals surface area (Å²) in [6.07, 6.45) is 3.09. The molecule has 0 spiro atoms. The molecule has 0 aromatic heterocycles. The molecule has 5 rings (SSSR count). The zero-order valence-electron chi connectivity index (χ0n) is 16.9. The van der Waals surface area contributed by atoms with Gasteiger partial charge < -0.3 is 15.0 Å². The molecule has 1 aromatic carbocycles.